The molecular formula is C16H30N4O2. The zero-order chi connectivity index (χ0) is 16.4. The molecule has 0 saturated heterocycles. The van der Waals surface area contributed by atoms with Gasteiger partial charge in [0, 0.05) is 31.6 Å². The van der Waals surface area contributed by atoms with E-state index in [2.05, 4.69) is 15.6 Å². The molecule has 1 heterocycles. The smallest absolute Gasteiger partial charge is 0.220 e. The maximum Gasteiger partial charge on any atom is 0.220 e. The summed E-state index contributed by atoms with van der Waals surface area (Å²) >= 11 is 0. The van der Waals surface area contributed by atoms with Gasteiger partial charge in [-0.2, -0.15) is 0 Å². The van der Waals surface area contributed by atoms with Crippen molar-refractivity contribution in [3.63, 3.8) is 0 Å². The number of unbranched alkanes of at least 4 members (excludes halogenated alkanes) is 2. The van der Waals surface area contributed by atoms with Crippen molar-refractivity contribution >= 4 is 5.91 Å². The van der Waals surface area contributed by atoms with E-state index in [4.69, 9.17) is 4.74 Å². The highest BCUT2D eigenvalue weighted by atomic mass is 16.5. The van der Waals surface area contributed by atoms with Crippen LogP contribution in [0.15, 0.2) is 6.20 Å². The van der Waals surface area contributed by atoms with Crippen molar-refractivity contribution in [1.82, 2.24) is 20.3 Å². The molecule has 0 spiro atoms. The van der Waals surface area contributed by atoms with Crippen molar-refractivity contribution in [2.75, 3.05) is 6.61 Å². The van der Waals surface area contributed by atoms with E-state index in [9.17, 15) is 4.79 Å². The largest absolute Gasteiger partial charge is 0.378 e. The molecule has 1 N–H and O–H groups in total. The second kappa shape index (κ2) is 10.3. The molecule has 126 valence electrons. The number of nitrogens with zero attached hydrogens (tertiary/aromatic N) is 3. The first kappa shape index (κ1) is 18.6. The summed E-state index contributed by atoms with van der Waals surface area (Å²) in [6.07, 6.45) is 6.60. The first-order valence-corrected chi connectivity index (χ1v) is 8.27. The summed E-state index contributed by atoms with van der Waals surface area (Å²) in [7, 11) is 0. The van der Waals surface area contributed by atoms with Crippen LogP contribution in [0.3, 0.4) is 0 Å². The fraction of sp³-hybridized carbons (Fsp3) is 0.812. The molecule has 0 aliphatic carbocycles. The minimum absolute atomic E-state index is 0.142. The van der Waals surface area contributed by atoms with E-state index < -0.39 is 0 Å². The van der Waals surface area contributed by atoms with Crippen LogP contribution in [-0.2, 0) is 22.5 Å². The van der Waals surface area contributed by atoms with E-state index in [1.54, 1.807) is 0 Å². The molecule has 0 radical (unpaired) electrons. The van der Waals surface area contributed by atoms with Gasteiger partial charge in [0.05, 0.1) is 18.4 Å². The number of carbonyl (C=O) groups excluding carboxylic acids is 1. The SMILES string of the molecule is CC(C)NC(=O)CCCCCn1cc(CCOC(C)C)nn1. The average molecular weight is 310 g/mol. The molecule has 0 bridgehead atoms. The minimum Gasteiger partial charge on any atom is -0.378 e. The Balaban J connectivity index is 2.10. The van der Waals surface area contributed by atoms with Crippen LogP contribution in [0.5, 0.6) is 0 Å². The van der Waals surface area contributed by atoms with Gasteiger partial charge in [-0.05, 0) is 40.5 Å². The van der Waals surface area contributed by atoms with E-state index in [0.717, 1.165) is 37.9 Å². The number of aryl methyl sites for hydroxylation is 1. The van der Waals surface area contributed by atoms with E-state index in [0.29, 0.717) is 13.0 Å². The Kier molecular flexibility index (Phi) is 8.74. The molecule has 6 heteroatoms. The first-order chi connectivity index (χ1) is 10.5. The molecule has 0 atom stereocenters. The first-order valence-electron chi connectivity index (χ1n) is 8.27. The lowest BCUT2D eigenvalue weighted by Gasteiger charge is -2.07. The monoisotopic (exact) mass is 310 g/mol. The maximum atomic E-state index is 11.5. The molecule has 0 aliphatic rings. The number of amides is 1. The van der Waals surface area contributed by atoms with Crippen molar-refractivity contribution in [2.45, 2.75) is 78.5 Å². The van der Waals surface area contributed by atoms with Gasteiger partial charge in [-0.1, -0.05) is 11.6 Å². The van der Waals surface area contributed by atoms with Crippen LogP contribution < -0.4 is 5.32 Å². The van der Waals surface area contributed by atoms with Gasteiger partial charge in [0.1, 0.15) is 0 Å². The Morgan fingerprint density at radius 2 is 2.05 bits per heavy atom. The second-order valence-corrected chi connectivity index (χ2v) is 6.18. The Hall–Kier alpha value is -1.43. The number of rotatable bonds is 11. The van der Waals surface area contributed by atoms with Crippen molar-refractivity contribution in [3.8, 4) is 0 Å². The second-order valence-electron chi connectivity index (χ2n) is 6.18. The van der Waals surface area contributed by atoms with Gasteiger partial charge in [0.2, 0.25) is 5.91 Å². The summed E-state index contributed by atoms with van der Waals surface area (Å²) in [6.45, 7) is 9.54. The standard InChI is InChI=1S/C16H30N4O2/c1-13(2)17-16(21)8-6-5-7-10-20-12-15(18-19-20)9-11-22-14(3)4/h12-14H,5-11H2,1-4H3,(H,17,21). The van der Waals surface area contributed by atoms with Crippen LogP contribution >= 0.6 is 0 Å². The highest BCUT2D eigenvalue weighted by Crippen LogP contribution is 2.03. The van der Waals surface area contributed by atoms with Gasteiger partial charge in [0.25, 0.3) is 0 Å². The van der Waals surface area contributed by atoms with E-state index in [1.807, 2.05) is 38.6 Å². The summed E-state index contributed by atoms with van der Waals surface area (Å²) in [5.74, 6) is 0.142. The Bertz CT molecular complexity index is 430. The third kappa shape index (κ3) is 8.77. The number of hydrogen-bond donors (Lipinski definition) is 1. The molecule has 0 fully saturated rings. The molecule has 1 amide bonds. The molecule has 22 heavy (non-hydrogen) atoms. The number of ether oxygens (including phenoxy) is 1. The third-order valence-electron chi connectivity index (χ3n) is 3.14. The quantitative estimate of drug-likeness (QED) is 0.637. The number of aromatic nitrogens is 3. The molecular weight excluding hydrogens is 280 g/mol. The van der Waals surface area contributed by atoms with E-state index in [1.165, 1.54) is 0 Å². The van der Waals surface area contributed by atoms with Crippen LogP contribution in [0.1, 0.15) is 59.1 Å². The van der Waals surface area contributed by atoms with Gasteiger partial charge >= 0.3 is 0 Å². The predicted molar refractivity (Wildman–Crippen MR) is 86.6 cm³/mol. The van der Waals surface area contributed by atoms with Crippen LogP contribution in [0.2, 0.25) is 0 Å². The highest BCUT2D eigenvalue weighted by molar-refractivity contribution is 5.76. The molecule has 0 aliphatic heterocycles. The Morgan fingerprint density at radius 3 is 2.73 bits per heavy atom. The maximum absolute atomic E-state index is 11.5. The molecule has 1 aromatic rings. The van der Waals surface area contributed by atoms with Crippen LogP contribution in [0, 0.1) is 0 Å². The zero-order valence-electron chi connectivity index (χ0n) is 14.3. The summed E-state index contributed by atoms with van der Waals surface area (Å²) in [5.41, 5.74) is 0.969. The van der Waals surface area contributed by atoms with E-state index in [-0.39, 0.29) is 18.1 Å². The lowest BCUT2D eigenvalue weighted by Crippen LogP contribution is -2.29. The van der Waals surface area contributed by atoms with Crippen molar-refractivity contribution < 1.29 is 9.53 Å². The van der Waals surface area contributed by atoms with Gasteiger partial charge in [0.15, 0.2) is 0 Å². The fourth-order valence-corrected chi connectivity index (χ4v) is 2.09. The average Bonchev–Trinajstić information content (AvgIpc) is 2.85. The van der Waals surface area contributed by atoms with Crippen LogP contribution in [-0.4, -0.2) is 39.7 Å². The summed E-state index contributed by atoms with van der Waals surface area (Å²) in [5, 5.41) is 11.2. The summed E-state index contributed by atoms with van der Waals surface area (Å²) in [6, 6.07) is 0.223. The highest BCUT2D eigenvalue weighted by Gasteiger charge is 2.04. The van der Waals surface area contributed by atoms with Crippen LogP contribution in [0.4, 0.5) is 0 Å². The fourth-order valence-electron chi connectivity index (χ4n) is 2.09. The molecule has 1 rings (SSSR count). The van der Waals surface area contributed by atoms with Gasteiger partial charge < -0.3 is 10.1 Å². The van der Waals surface area contributed by atoms with Crippen LogP contribution in [0.25, 0.3) is 0 Å². The number of nitrogens with one attached hydrogen (secondary N) is 1. The van der Waals surface area contributed by atoms with Crippen molar-refractivity contribution in [3.05, 3.63) is 11.9 Å². The summed E-state index contributed by atoms with van der Waals surface area (Å²) in [4.78, 5) is 11.5. The van der Waals surface area contributed by atoms with Gasteiger partial charge in [-0.25, -0.2) is 0 Å². The Labute approximate surface area is 133 Å². The lowest BCUT2D eigenvalue weighted by molar-refractivity contribution is -0.121. The summed E-state index contributed by atoms with van der Waals surface area (Å²) < 4.78 is 7.38. The normalized spacial score (nSPS) is 11.4. The molecule has 1 aromatic heterocycles. The minimum atomic E-state index is 0.142. The third-order valence-corrected chi connectivity index (χ3v) is 3.14. The molecule has 0 saturated carbocycles. The van der Waals surface area contributed by atoms with Gasteiger partial charge in [-0.3, -0.25) is 9.48 Å². The molecule has 6 nitrogen and oxygen atoms in total. The zero-order valence-corrected chi connectivity index (χ0v) is 14.3. The predicted octanol–water partition coefficient (Wildman–Crippen LogP) is 2.33. The lowest BCUT2D eigenvalue weighted by atomic mass is 10.2. The Morgan fingerprint density at radius 1 is 1.27 bits per heavy atom. The number of carbonyl (C=O) groups is 1. The topological polar surface area (TPSA) is 69.0 Å². The van der Waals surface area contributed by atoms with Crippen molar-refractivity contribution in [1.29, 1.82) is 0 Å². The van der Waals surface area contributed by atoms with E-state index >= 15 is 0 Å². The van der Waals surface area contributed by atoms with Gasteiger partial charge in [-0.15, -0.1) is 5.10 Å². The van der Waals surface area contributed by atoms with Crippen molar-refractivity contribution in [2.24, 2.45) is 0 Å². The number of hydrogen-bond acceptors (Lipinski definition) is 4. The molecule has 0 unspecified atom stereocenters. The molecule has 0 aromatic carbocycles.